The standard InChI is InChI=1S/C28H31FN2O4/c1-35-21-6-9-24-19(15-21)2-8-25(30-24)27(32)11-4-17-12-13-31(16-23(17)28(33)34)26-10-3-18-14-20(29)5-7-22(18)26/h2,5-9,14-15,17,23,26-27,32H,3-4,10-13,16H2,1H3,(H,33,34)/t17-,23+,26?,27?/m1/s1. The number of piperidine rings is 1. The van der Waals surface area contributed by atoms with Gasteiger partial charge >= 0.3 is 5.97 Å². The number of rotatable bonds is 7. The number of hydrogen-bond donors (Lipinski definition) is 2. The number of carbonyl (C=O) groups is 1. The van der Waals surface area contributed by atoms with Crippen LogP contribution in [-0.2, 0) is 11.2 Å². The summed E-state index contributed by atoms with van der Waals surface area (Å²) in [5.41, 5.74) is 3.55. The predicted molar refractivity (Wildman–Crippen MR) is 131 cm³/mol. The van der Waals surface area contributed by atoms with Crippen LogP contribution in [0.15, 0.2) is 48.5 Å². The summed E-state index contributed by atoms with van der Waals surface area (Å²) in [5, 5.41) is 21.7. The van der Waals surface area contributed by atoms with Crippen molar-refractivity contribution in [3.05, 3.63) is 71.2 Å². The largest absolute Gasteiger partial charge is 0.497 e. The van der Waals surface area contributed by atoms with Crippen LogP contribution in [0.1, 0.15) is 54.6 Å². The first-order chi connectivity index (χ1) is 16.9. The molecule has 5 rings (SSSR count). The summed E-state index contributed by atoms with van der Waals surface area (Å²) in [6.07, 6.45) is 2.84. The molecule has 0 amide bonds. The van der Waals surface area contributed by atoms with Crippen molar-refractivity contribution in [3.63, 3.8) is 0 Å². The van der Waals surface area contributed by atoms with Crippen molar-refractivity contribution < 1.29 is 24.1 Å². The molecule has 6 nitrogen and oxygen atoms in total. The van der Waals surface area contributed by atoms with Gasteiger partial charge in [-0.3, -0.25) is 14.7 Å². The van der Waals surface area contributed by atoms with E-state index in [1.165, 1.54) is 6.07 Å². The number of hydrogen-bond acceptors (Lipinski definition) is 5. The molecule has 2 unspecified atom stereocenters. The predicted octanol–water partition coefficient (Wildman–Crippen LogP) is 4.91. The fourth-order valence-corrected chi connectivity index (χ4v) is 5.83. The summed E-state index contributed by atoms with van der Waals surface area (Å²) in [6, 6.07) is 14.5. The Bertz CT molecular complexity index is 1230. The molecule has 1 saturated heterocycles. The Morgan fingerprint density at radius 2 is 2.06 bits per heavy atom. The lowest BCUT2D eigenvalue weighted by Gasteiger charge is -2.40. The Morgan fingerprint density at radius 1 is 1.20 bits per heavy atom. The Kier molecular flexibility index (Phi) is 6.71. The molecule has 184 valence electrons. The molecule has 1 fully saturated rings. The van der Waals surface area contributed by atoms with E-state index in [0.29, 0.717) is 25.1 Å². The number of aryl methyl sites for hydroxylation is 1. The third-order valence-electron chi connectivity index (χ3n) is 7.77. The summed E-state index contributed by atoms with van der Waals surface area (Å²) in [5.74, 6) is -0.739. The van der Waals surface area contributed by atoms with E-state index in [2.05, 4.69) is 9.88 Å². The average Bonchev–Trinajstić information content (AvgIpc) is 3.29. The molecule has 2 heterocycles. The van der Waals surface area contributed by atoms with Crippen LogP contribution in [0.2, 0.25) is 0 Å². The van der Waals surface area contributed by atoms with E-state index in [1.54, 1.807) is 13.2 Å². The maximum atomic E-state index is 13.6. The van der Waals surface area contributed by atoms with Crippen molar-refractivity contribution in [1.82, 2.24) is 9.88 Å². The van der Waals surface area contributed by atoms with Crippen molar-refractivity contribution in [2.75, 3.05) is 20.2 Å². The highest BCUT2D eigenvalue weighted by Gasteiger charge is 2.38. The number of fused-ring (bicyclic) bond motifs is 2. The minimum absolute atomic E-state index is 0.00258. The number of aliphatic carboxylic acids is 1. The van der Waals surface area contributed by atoms with E-state index >= 15 is 0 Å². The van der Waals surface area contributed by atoms with Crippen LogP contribution in [0.4, 0.5) is 4.39 Å². The lowest BCUT2D eigenvalue weighted by molar-refractivity contribution is -0.146. The minimum Gasteiger partial charge on any atom is -0.497 e. The van der Waals surface area contributed by atoms with E-state index in [4.69, 9.17) is 4.74 Å². The number of pyridine rings is 1. The summed E-state index contributed by atoms with van der Waals surface area (Å²) < 4.78 is 18.9. The van der Waals surface area contributed by atoms with Gasteiger partial charge in [-0.05, 0) is 92.1 Å². The zero-order valence-electron chi connectivity index (χ0n) is 19.9. The molecule has 1 aliphatic carbocycles. The number of methoxy groups -OCH3 is 1. The lowest BCUT2D eigenvalue weighted by atomic mass is 9.80. The molecule has 1 aromatic heterocycles. The highest BCUT2D eigenvalue weighted by atomic mass is 19.1. The highest BCUT2D eigenvalue weighted by molar-refractivity contribution is 5.80. The summed E-state index contributed by atoms with van der Waals surface area (Å²) in [7, 11) is 1.62. The number of nitrogens with zero attached hydrogens (tertiary/aromatic N) is 2. The molecule has 3 aromatic rings. The van der Waals surface area contributed by atoms with Gasteiger partial charge in [0.2, 0.25) is 0 Å². The number of likely N-dealkylation sites (tertiary alicyclic amines) is 1. The topological polar surface area (TPSA) is 82.9 Å². The van der Waals surface area contributed by atoms with Gasteiger partial charge in [0.05, 0.1) is 30.3 Å². The van der Waals surface area contributed by atoms with Crippen molar-refractivity contribution in [2.45, 2.75) is 44.2 Å². The normalized spacial score (nSPS) is 23.2. The van der Waals surface area contributed by atoms with Crippen LogP contribution in [0.25, 0.3) is 10.9 Å². The zero-order valence-corrected chi connectivity index (χ0v) is 19.9. The van der Waals surface area contributed by atoms with Crippen molar-refractivity contribution in [1.29, 1.82) is 0 Å². The first kappa shape index (κ1) is 23.7. The molecule has 2 N–H and O–H groups in total. The van der Waals surface area contributed by atoms with Crippen LogP contribution < -0.4 is 4.74 Å². The zero-order chi connectivity index (χ0) is 24.5. The smallest absolute Gasteiger partial charge is 0.308 e. The van der Waals surface area contributed by atoms with Crippen molar-refractivity contribution in [2.24, 2.45) is 11.8 Å². The first-order valence-electron chi connectivity index (χ1n) is 12.3. The monoisotopic (exact) mass is 478 g/mol. The SMILES string of the molecule is COc1ccc2nc(C(O)CC[C@@H]3CCN(C4CCc5cc(F)ccc54)C[C@@H]3C(=O)O)ccc2c1. The molecule has 0 bridgehead atoms. The second-order valence-electron chi connectivity index (χ2n) is 9.77. The Hall–Kier alpha value is -3.03. The van der Waals surface area contributed by atoms with Gasteiger partial charge in [-0.25, -0.2) is 4.39 Å². The van der Waals surface area contributed by atoms with Gasteiger partial charge < -0.3 is 14.9 Å². The maximum absolute atomic E-state index is 13.6. The Balaban J connectivity index is 1.23. The van der Waals surface area contributed by atoms with Crippen molar-refractivity contribution in [3.8, 4) is 5.75 Å². The quantitative estimate of drug-likeness (QED) is 0.502. The number of ether oxygens (including phenoxy) is 1. The first-order valence-corrected chi connectivity index (χ1v) is 12.3. The van der Waals surface area contributed by atoms with Gasteiger partial charge in [0.25, 0.3) is 0 Å². The van der Waals surface area contributed by atoms with Crippen LogP contribution in [-0.4, -0.2) is 46.3 Å². The van der Waals surface area contributed by atoms with Gasteiger partial charge in [0, 0.05) is 18.0 Å². The molecule has 35 heavy (non-hydrogen) atoms. The third kappa shape index (κ3) is 4.88. The van der Waals surface area contributed by atoms with E-state index in [1.807, 2.05) is 36.4 Å². The van der Waals surface area contributed by atoms with Crippen molar-refractivity contribution >= 4 is 16.9 Å². The second-order valence-corrected chi connectivity index (χ2v) is 9.77. The van der Waals surface area contributed by atoms with E-state index < -0.39 is 18.0 Å². The van der Waals surface area contributed by atoms with Gasteiger partial charge in [-0.15, -0.1) is 0 Å². The number of carboxylic acids is 1. The highest BCUT2D eigenvalue weighted by Crippen LogP contribution is 2.40. The molecular weight excluding hydrogens is 447 g/mol. The molecule has 0 spiro atoms. The number of benzene rings is 2. The minimum atomic E-state index is -0.788. The van der Waals surface area contributed by atoms with Gasteiger partial charge in [0.1, 0.15) is 11.6 Å². The number of aliphatic hydroxyl groups excluding tert-OH is 1. The summed E-state index contributed by atoms with van der Waals surface area (Å²) in [6.45, 7) is 1.29. The fraction of sp³-hybridized carbons (Fsp3) is 0.429. The van der Waals surface area contributed by atoms with Crippen LogP contribution in [0.5, 0.6) is 5.75 Å². The van der Waals surface area contributed by atoms with Gasteiger partial charge in [-0.1, -0.05) is 12.1 Å². The summed E-state index contributed by atoms with van der Waals surface area (Å²) in [4.78, 5) is 19.0. The van der Waals surface area contributed by atoms with Crippen LogP contribution in [0.3, 0.4) is 0 Å². The number of carboxylic acid groups (broad SMARTS) is 1. The van der Waals surface area contributed by atoms with E-state index in [-0.39, 0.29) is 17.8 Å². The molecule has 1 aliphatic heterocycles. The van der Waals surface area contributed by atoms with E-state index in [0.717, 1.165) is 53.6 Å². The Morgan fingerprint density at radius 3 is 2.86 bits per heavy atom. The average molecular weight is 479 g/mol. The van der Waals surface area contributed by atoms with Gasteiger partial charge in [-0.2, -0.15) is 0 Å². The molecule has 2 aliphatic rings. The van der Waals surface area contributed by atoms with Crippen LogP contribution in [0, 0.1) is 17.7 Å². The van der Waals surface area contributed by atoms with E-state index in [9.17, 15) is 19.4 Å². The number of aromatic nitrogens is 1. The van der Waals surface area contributed by atoms with Gasteiger partial charge in [0.15, 0.2) is 0 Å². The number of aliphatic hydroxyl groups is 1. The number of halogens is 1. The second kappa shape index (κ2) is 9.91. The fourth-order valence-electron chi connectivity index (χ4n) is 5.83. The molecule has 2 aromatic carbocycles. The maximum Gasteiger partial charge on any atom is 0.308 e. The van der Waals surface area contributed by atoms with Crippen LogP contribution >= 0.6 is 0 Å². The summed E-state index contributed by atoms with van der Waals surface area (Å²) >= 11 is 0. The molecular formula is C28H31FN2O4. The lowest BCUT2D eigenvalue weighted by Crippen LogP contribution is -2.45. The third-order valence-corrected chi connectivity index (χ3v) is 7.77. The molecule has 4 atom stereocenters. The molecule has 0 radical (unpaired) electrons. The molecule has 7 heteroatoms. The Labute approximate surface area is 204 Å². The molecule has 0 saturated carbocycles.